The molecular weight excluding hydrogens is 468 g/mol. The van der Waals surface area contributed by atoms with Gasteiger partial charge in [-0.1, -0.05) is 30.3 Å². The summed E-state index contributed by atoms with van der Waals surface area (Å²) in [7, 11) is 1.40. The number of carbonyl (C=O) groups is 1. The van der Waals surface area contributed by atoms with E-state index in [0.29, 0.717) is 0 Å². The average molecular weight is 485 g/mol. The van der Waals surface area contributed by atoms with Gasteiger partial charge in [0.05, 0.1) is 12.5 Å². The predicted octanol–water partition coefficient (Wildman–Crippen LogP) is -3.57. The molecule has 100 valence electrons. The largest absolute Gasteiger partial charge is 2.00 e. The van der Waals surface area contributed by atoms with Gasteiger partial charge in [-0.3, -0.25) is 4.79 Å². The molecule has 0 saturated heterocycles. The van der Waals surface area contributed by atoms with Crippen LogP contribution in [-0.2, 0) is 9.53 Å². The van der Waals surface area contributed by atoms with Crippen molar-refractivity contribution in [1.82, 2.24) is 0 Å². The summed E-state index contributed by atoms with van der Waals surface area (Å²) < 4.78 is 4.78. The number of hydrogen-bond donors (Lipinski definition) is 0. The molecule has 0 aliphatic carbocycles. The molecule has 0 amide bonds. The van der Waals surface area contributed by atoms with Crippen molar-refractivity contribution in [3.63, 3.8) is 0 Å². The molecule has 1 unspecified atom stereocenters. The first-order valence-electron chi connectivity index (χ1n) is 4.96. The number of methoxy groups -OCH3 is 1. The van der Waals surface area contributed by atoms with Crippen LogP contribution in [0.3, 0.4) is 0 Å². The Hall–Kier alpha value is 0.153. The molecule has 5 heteroatoms. The molecule has 1 aromatic rings. The standard InChI is InChI=1S/C13H17O2.Bi.2ClH/c1-10(11-8-6-5-7-9-11)13(2,3)12(14)15-4;;;/h5-10H,1H2,2-4H3;;2*1H/q;+2;;/p-2. The molecule has 1 rings (SSSR count). The van der Waals surface area contributed by atoms with E-state index in [1.54, 1.807) is 0 Å². The summed E-state index contributed by atoms with van der Waals surface area (Å²) in [6.07, 6.45) is 0. The summed E-state index contributed by atoms with van der Waals surface area (Å²) in [5.41, 5.74) is 0.448. The summed E-state index contributed by atoms with van der Waals surface area (Å²) in [6, 6.07) is 9.79. The van der Waals surface area contributed by atoms with Gasteiger partial charge in [0.2, 0.25) is 0 Å². The zero-order valence-corrected chi connectivity index (χ0v) is 15.7. The molecule has 0 bridgehead atoms. The van der Waals surface area contributed by atoms with Crippen molar-refractivity contribution in [2.24, 2.45) is 5.41 Å². The smallest absolute Gasteiger partial charge is 1.00 e. The molecule has 1 atom stereocenters. The molecular formula is C13H17BiCl2O2. The summed E-state index contributed by atoms with van der Waals surface area (Å²) in [5, 5.41) is 0. The SMILES string of the molecule is [Bi+2].[CH2]C(c1ccccc1)C(C)(C)C(=O)OC.[Cl-].[Cl-]. The third-order valence-electron chi connectivity index (χ3n) is 2.78. The Kier molecular flexibility index (Phi) is 12.9. The molecule has 0 fully saturated rings. The maximum atomic E-state index is 11.6. The van der Waals surface area contributed by atoms with Gasteiger partial charge in [-0.05, 0) is 32.3 Å². The molecule has 0 aliphatic heterocycles. The van der Waals surface area contributed by atoms with Gasteiger partial charge in [0.15, 0.2) is 0 Å². The first kappa shape index (κ1) is 23.3. The predicted molar refractivity (Wildman–Crippen MR) is 66.1 cm³/mol. The van der Waals surface area contributed by atoms with Gasteiger partial charge in [0.25, 0.3) is 0 Å². The molecule has 2 nitrogen and oxygen atoms in total. The number of hydrogen-bond acceptors (Lipinski definition) is 2. The molecule has 1 aromatic carbocycles. The monoisotopic (exact) mass is 484 g/mol. The van der Waals surface area contributed by atoms with Crippen LogP contribution in [0.5, 0.6) is 0 Å². The summed E-state index contributed by atoms with van der Waals surface area (Å²) >= 11 is 0. The number of rotatable bonds is 3. The van der Waals surface area contributed by atoms with Crippen LogP contribution < -0.4 is 24.8 Å². The van der Waals surface area contributed by atoms with Crippen LogP contribution in [0.2, 0.25) is 0 Å². The van der Waals surface area contributed by atoms with Gasteiger partial charge in [0.1, 0.15) is 0 Å². The second-order valence-electron chi connectivity index (χ2n) is 4.18. The zero-order valence-electron chi connectivity index (χ0n) is 10.7. The molecule has 0 spiro atoms. The summed E-state index contributed by atoms with van der Waals surface area (Å²) in [5.74, 6) is -0.336. The van der Waals surface area contributed by atoms with E-state index in [-0.39, 0.29) is 62.9 Å². The Morgan fingerprint density at radius 1 is 1.22 bits per heavy atom. The Bertz CT molecular complexity index is 342. The minimum absolute atomic E-state index is 0. The molecule has 0 saturated carbocycles. The maximum absolute atomic E-state index is 11.6. The Morgan fingerprint density at radius 2 is 1.67 bits per heavy atom. The quantitative estimate of drug-likeness (QED) is 0.328. The molecule has 0 heterocycles. The van der Waals surface area contributed by atoms with E-state index >= 15 is 0 Å². The third kappa shape index (κ3) is 5.42. The molecule has 0 aliphatic rings. The fourth-order valence-electron chi connectivity index (χ4n) is 1.51. The summed E-state index contributed by atoms with van der Waals surface area (Å²) in [6.45, 7) is 7.75. The zero-order chi connectivity index (χ0) is 11.5. The van der Waals surface area contributed by atoms with Crippen LogP contribution in [0, 0.1) is 12.3 Å². The first-order chi connectivity index (χ1) is 7.00. The van der Waals surface area contributed by atoms with Gasteiger partial charge in [0, 0.05) is 0 Å². The minimum Gasteiger partial charge on any atom is -1.00 e. The van der Waals surface area contributed by atoms with Crippen LogP contribution in [0.4, 0.5) is 0 Å². The number of benzene rings is 1. The molecule has 0 aromatic heterocycles. The van der Waals surface area contributed by atoms with Crippen LogP contribution in [0.1, 0.15) is 25.3 Å². The van der Waals surface area contributed by atoms with E-state index in [1.807, 2.05) is 44.2 Å². The van der Waals surface area contributed by atoms with E-state index in [0.717, 1.165) is 5.56 Å². The Morgan fingerprint density at radius 3 is 2.06 bits per heavy atom. The minimum atomic E-state index is -0.601. The third-order valence-corrected chi connectivity index (χ3v) is 2.78. The van der Waals surface area contributed by atoms with Gasteiger partial charge in [-0.15, -0.1) is 0 Å². The van der Waals surface area contributed by atoms with Gasteiger partial charge in [-0.25, -0.2) is 0 Å². The van der Waals surface area contributed by atoms with Crippen molar-refractivity contribution in [2.45, 2.75) is 19.8 Å². The fraction of sp³-hybridized carbons (Fsp3) is 0.385. The molecule has 0 N–H and O–H groups in total. The van der Waals surface area contributed by atoms with Crippen LogP contribution in [0.25, 0.3) is 0 Å². The van der Waals surface area contributed by atoms with Gasteiger partial charge in [-0.2, -0.15) is 0 Å². The van der Waals surface area contributed by atoms with Crippen LogP contribution >= 0.6 is 0 Å². The van der Waals surface area contributed by atoms with Crippen molar-refractivity contribution < 1.29 is 34.3 Å². The van der Waals surface area contributed by atoms with E-state index in [9.17, 15) is 4.79 Å². The second-order valence-corrected chi connectivity index (χ2v) is 4.18. The van der Waals surface area contributed by atoms with Gasteiger partial charge < -0.3 is 29.6 Å². The number of ether oxygens (including phenoxy) is 1. The average Bonchev–Trinajstić information content (AvgIpc) is 2.28. The van der Waals surface area contributed by atoms with Crippen molar-refractivity contribution in [3.8, 4) is 0 Å². The molecule has 4 radical (unpaired) electrons. The normalized spacial score (nSPS) is 11.1. The number of carbonyl (C=O) groups excluding carboxylic acids is 1. The van der Waals surface area contributed by atoms with Crippen molar-refractivity contribution >= 4 is 32.2 Å². The van der Waals surface area contributed by atoms with Crippen LogP contribution in [0.15, 0.2) is 30.3 Å². The van der Waals surface area contributed by atoms with Crippen molar-refractivity contribution in [1.29, 1.82) is 0 Å². The van der Waals surface area contributed by atoms with Gasteiger partial charge >= 0.3 is 32.2 Å². The van der Waals surface area contributed by atoms with E-state index < -0.39 is 5.41 Å². The maximum Gasteiger partial charge on any atom is 2.00 e. The summed E-state index contributed by atoms with van der Waals surface area (Å²) in [4.78, 5) is 11.6. The van der Waals surface area contributed by atoms with Crippen molar-refractivity contribution in [3.05, 3.63) is 42.8 Å². The van der Waals surface area contributed by atoms with E-state index in [4.69, 9.17) is 4.74 Å². The Balaban J connectivity index is -0.000000750. The van der Waals surface area contributed by atoms with Crippen molar-refractivity contribution in [2.75, 3.05) is 7.11 Å². The first-order valence-corrected chi connectivity index (χ1v) is 4.96. The topological polar surface area (TPSA) is 26.3 Å². The van der Waals surface area contributed by atoms with Crippen LogP contribution in [-0.4, -0.2) is 39.3 Å². The number of halogens is 2. The second kappa shape index (κ2) is 10.0. The Labute approximate surface area is 141 Å². The molecule has 18 heavy (non-hydrogen) atoms. The number of esters is 1. The van der Waals surface area contributed by atoms with E-state index in [1.165, 1.54) is 7.11 Å². The van der Waals surface area contributed by atoms with E-state index in [2.05, 4.69) is 6.92 Å². The fourth-order valence-corrected chi connectivity index (χ4v) is 1.51.